The normalized spacial score (nSPS) is 19.6. The zero-order valence-electron chi connectivity index (χ0n) is 16.4. The van der Waals surface area contributed by atoms with Gasteiger partial charge < -0.3 is 19.9 Å². The van der Waals surface area contributed by atoms with Crippen LogP contribution in [0, 0.1) is 0 Å². The molecule has 0 aliphatic carbocycles. The molecule has 28 heavy (non-hydrogen) atoms. The van der Waals surface area contributed by atoms with E-state index >= 15 is 0 Å². The largest absolute Gasteiger partial charge is 0.495 e. The van der Waals surface area contributed by atoms with Crippen LogP contribution in [0.25, 0.3) is 10.9 Å². The molecule has 0 saturated carbocycles. The molecule has 0 unspecified atom stereocenters. The topological polar surface area (TPSA) is 43.5 Å². The summed E-state index contributed by atoms with van der Waals surface area (Å²) in [5.41, 5.74) is 5.16. The molecule has 1 atom stereocenters. The number of hydrogen-bond acceptors (Lipinski definition) is 4. The number of nitrogens with one attached hydrogen (secondary N) is 2. The van der Waals surface area contributed by atoms with Crippen molar-refractivity contribution in [3.63, 3.8) is 0 Å². The van der Waals surface area contributed by atoms with Crippen LogP contribution in [0.4, 0.5) is 11.4 Å². The van der Waals surface area contributed by atoms with Crippen LogP contribution >= 0.6 is 0 Å². The van der Waals surface area contributed by atoms with Crippen molar-refractivity contribution in [3.8, 4) is 5.75 Å². The van der Waals surface area contributed by atoms with Gasteiger partial charge in [-0.25, -0.2) is 0 Å². The van der Waals surface area contributed by atoms with E-state index in [0.29, 0.717) is 5.92 Å². The number of hydrogen-bond donors (Lipinski definition) is 2. The fraction of sp³-hybridized carbons (Fsp3) is 0.391. The summed E-state index contributed by atoms with van der Waals surface area (Å²) in [5.74, 6) is 1.55. The monoisotopic (exact) mass is 376 g/mol. The van der Waals surface area contributed by atoms with Crippen molar-refractivity contribution < 1.29 is 4.74 Å². The standard InChI is InChI=1S/C23H28N4O/c1-28-22-4-2-3-20-18(16-25-23(20)22)8-10-26-11-13-27(14-12-26)19-5-6-21-17(15-19)7-9-24-21/h2-7,9,15,18,24-25H,8,10-14,16H2,1H3/t18-/m0/s1. The van der Waals surface area contributed by atoms with E-state index in [1.165, 1.54) is 34.3 Å². The number of para-hydroxylation sites is 1. The number of H-pyrrole nitrogens is 1. The summed E-state index contributed by atoms with van der Waals surface area (Å²) < 4.78 is 5.49. The smallest absolute Gasteiger partial charge is 0.142 e. The fourth-order valence-corrected chi connectivity index (χ4v) is 4.65. The molecule has 2 aliphatic heterocycles. The van der Waals surface area contributed by atoms with Crippen LogP contribution in [0.2, 0.25) is 0 Å². The second kappa shape index (κ2) is 7.40. The molecule has 2 aromatic carbocycles. The zero-order chi connectivity index (χ0) is 18.9. The maximum atomic E-state index is 5.49. The predicted molar refractivity (Wildman–Crippen MR) is 116 cm³/mol. The Labute approximate surface area is 166 Å². The number of piperazine rings is 1. The highest BCUT2D eigenvalue weighted by molar-refractivity contribution is 5.83. The first-order valence-corrected chi connectivity index (χ1v) is 10.3. The van der Waals surface area contributed by atoms with Crippen LogP contribution in [0.3, 0.4) is 0 Å². The van der Waals surface area contributed by atoms with Gasteiger partial charge in [0.1, 0.15) is 5.75 Å². The molecule has 2 N–H and O–H groups in total. The Balaban J connectivity index is 1.16. The van der Waals surface area contributed by atoms with Crippen LogP contribution in [-0.2, 0) is 0 Å². The second-order valence-corrected chi connectivity index (χ2v) is 7.87. The van der Waals surface area contributed by atoms with Crippen LogP contribution in [-0.4, -0.2) is 56.3 Å². The highest BCUT2D eigenvalue weighted by atomic mass is 16.5. The van der Waals surface area contributed by atoms with E-state index in [0.717, 1.165) is 45.0 Å². The Kier molecular flexibility index (Phi) is 4.61. The first-order valence-electron chi connectivity index (χ1n) is 10.3. The van der Waals surface area contributed by atoms with Crippen molar-refractivity contribution in [3.05, 3.63) is 54.2 Å². The third-order valence-electron chi connectivity index (χ3n) is 6.31. The molecule has 0 radical (unpaired) electrons. The molecule has 5 rings (SSSR count). The third kappa shape index (κ3) is 3.20. The van der Waals surface area contributed by atoms with Crippen molar-refractivity contribution in [1.29, 1.82) is 0 Å². The average Bonchev–Trinajstić information content (AvgIpc) is 3.38. The number of rotatable bonds is 5. The Bertz CT molecular complexity index is 958. The van der Waals surface area contributed by atoms with Crippen molar-refractivity contribution in [2.45, 2.75) is 12.3 Å². The number of methoxy groups -OCH3 is 1. The molecule has 3 aromatic rings. The summed E-state index contributed by atoms with van der Waals surface area (Å²) in [4.78, 5) is 8.40. The van der Waals surface area contributed by atoms with Crippen molar-refractivity contribution >= 4 is 22.3 Å². The average molecular weight is 377 g/mol. The minimum Gasteiger partial charge on any atom is -0.495 e. The van der Waals surface area contributed by atoms with E-state index in [1.807, 2.05) is 12.3 Å². The molecular formula is C23H28N4O. The van der Waals surface area contributed by atoms with E-state index in [4.69, 9.17) is 4.74 Å². The summed E-state index contributed by atoms with van der Waals surface area (Å²) in [5, 5.41) is 4.84. The lowest BCUT2D eigenvalue weighted by Crippen LogP contribution is -2.46. The maximum Gasteiger partial charge on any atom is 0.142 e. The summed E-state index contributed by atoms with van der Waals surface area (Å²) in [6, 6.07) is 15.3. The van der Waals surface area contributed by atoms with Gasteiger partial charge in [-0.05, 0) is 48.9 Å². The highest BCUT2D eigenvalue weighted by Gasteiger charge is 2.26. The Morgan fingerprint density at radius 2 is 1.96 bits per heavy atom. The summed E-state index contributed by atoms with van der Waals surface area (Å²) in [6.07, 6.45) is 3.21. The van der Waals surface area contributed by atoms with Gasteiger partial charge in [-0.1, -0.05) is 12.1 Å². The molecule has 1 saturated heterocycles. The zero-order valence-corrected chi connectivity index (χ0v) is 16.4. The Morgan fingerprint density at radius 3 is 2.82 bits per heavy atom. The van der Waals surface area contributed by atoms with Crippen LogP contribution < -0.4 is 15.0 Å². The quantitative estimate of drug-likeness (QED) is 0.709. The number of anilines is 2. The lowest BCUT2D eigenvalue weighted by molar-refractivity contribution is 0.250. The molecule has 5 heteroatoms. The minimum atomic E-state index is 0.583. The fourth-order valence-electron chi connectivity index (χ4n) is 4.65. The van der Waals surface area contributed by atoms with Gasteiger partial charge in [-0.15, -0.1) is 0 Å². The maximum absolute atomic E-state index is 5.49. The molecule has 146 valence electrons. The van der Waals surface area contributed by atoms with Gasteiger partial charge in [-0.2, -0.15) is 0 Å². The molecule has 2 aliphatic rings. The van der Waals surface area contributed by atoms with Gasteiger partial charge in [-0.3, -0.25) is 4.90 Å². The third-order valence-corrected chi connectivity index (χ3v) is 6.31. The Hall–Kier alpha value is -2.66. The molecule has 0 spiro atoms. The molecular weight excluding hydrogens is 348 g/mol. The lowest BCUT2D eigenvalue weighted by atomic mass is 9.97. The molecule has 1 aromatic heterocycles. The summed E-state index contributed by atoms with van der Waals surface area (Å²) >= 11 is 0. The second-order valence-electron chi connectivity index (χ2n) is 7.87. The number of benzene rings is 2. The first-order chi connectivity index (χ1) is 13.8. The number of ether oxygens (including phenoxy) is 1. The van der Waals surface area contributed by atoms with E-state index < -0.39 is 0 Å². The van der Waals surface area contributed by atoms with Gasteiger partial charge in [0.05, 0.1) is 12.8 Å². The molecule has 5 nitrogen and oxygen atoms in total. The van der Waals surface area contributed by atoms with Crippen LogP contribution in [0.5, 0.6) is 5.75 Å². The summed E-state index contributed by atoms with van der Waals surface area (Å²) in [6.45, 7) is 6.65. The van der Waals surface area contributed by atoms with Crippen LogP contribution in [0.15, 0.2) is 48.7 Å². The number of nitrogens with zero attached hydrogens (tertiary/aromatic N) is 2. The molecule has 1 fully saturated rings. The van der Waals surface area contributed by atoms with Gasteiger partial charge in [0.25, 0.3) is 0 Å². The lowest BCUT2D eigenvalue weighted by Gasteiger charge is -2.36. The van der Waals surface area contributed by atoms with Crippen molar-refractivity contribution in [1.82, 2.24) is 9.88 Å². The van der Waals surface area contributed by atoms with Gasteiger partial charge in [0.15, 0.2) is 0 Å². The number of fused-ring (bicyclic) bond motifs is 2. The van der Waals surface area contributed by atoms with Gasteiger partial charge >= 0.3 is 0 Å². The first kappa shape index (κ1) is 17.4. The predicted octanol–water partition coefficient (Wildman–Crippen LogP) is 3.90. The molecule has 3 heterocycles. The highest BCUT2D eigenvalue weighted by Crippen LogP contribution is 2.39. The van der Waals surface area contributed by atoms with E-state index in [2.05, 4.69) is 56.5 Å². The minimum absolute atomic E-state index is 0.583. The van der Waals surface area contributed by atoms with Gasteiger partial charge in [0.2, 0.25) is 0 Å². The van der Waals surface area contributed by atoms with E-state index in [9.17, 15) is 0 Å². The van der Waals surface area contributed by atoms with E-state index in [-0.39, 0.29) is 0 Å². The van der Waals surface area contributed by atoms with E-state index in [1.54, 1.807) is 7.11 Å². The molecule has 0 amide bonds. The number of aromatic amines is 1. The summed E-state index contributed by atoms with van der Waals surface area (Å²) in [7, 11) is 1.75. The van der Waals surface area contributed by atoms with Crippen molar-refractivity contribution in [2.75, 3.05) is 56.6 Å². The van der Waals surface area contributed by atoms with Crippen molar-refractivity contribution in [2.24, 2.45) is 0 Å². The SMILES string of the molecule is COc1cccc2c1NC[C@@H]2CCN1CCN(c2ccc3[nH]ccc3c2)CC1. The number of aromatic nitrogens is 1. The van der Waals surface area contributed by atoms with Crippen LogP contribution in [0.1, 0.15) is 17.9 Å². The molecule has 0 bridgehead atoms. The Morgan fingerprint density at radius 1 is 1.07 bits per heavy atom. The van der Waals surface area contributed by atoms with Gasteiger partial charge in [0, 0.05) is 61.4 Å².